The lowest BCUT2D eigenvalue weighted by molar-refractivity contribution is 0.168. The second kappa shape index (κ2) is 6.46. The van der Waals surface area contributed by atoms with Gasteiger partial charge in [0.05, 0.1) is 0 Å². The number of para-hydroxylation sites is 1. The molecule has 0 aliphatic carbocycles. The van der Waals surface area contributed by atoms with Gasteiger partial charge >= 0.3 is 0 Å². The minimum atomic E-state index is 0.648. The zero-order valence-corrected chi connectivity index (χ0v) is 12.2. The second-order valence-electron chi connectivity index (χ2n) is 5.70. The fourth-order valence-electron chi connectivity index (χ4n) is 3.05. The summed E-state index contributed by atoms with van der Waals surface area (Å²) >= 11 is 0. The van der Waals surface area contributed by atoms with Gasteiger partial charge in [0.2, 0.25) is 0 Å². The van der Waals surface area contributed by atoms with Crippen molar-refractivity contribution in [2.75, 3.05) is 33.4 Å². The number of fused-ring (bicyclic) bond motifs is 1. The van der Waals surface area contributed by atoms with Crippen LogP contribution < -0.4 is 14.8 Å². The Kier molecular flexibility index (Phi) is 4.43. The van der Waals surface area contributed by atoms with E-state index in [2.05, 4.69) is 23.3 Å². The van der Waals surface area contributed by atoms with Gasteiger partial charge in [-0.1, -0.05) is 18.6 Å². The van der Waals surface area contributed by atoms with E-state index in [-0.39, 0.29) is 0 Å². The maximum Gasteiger partial charge on any atom is 0.165 e. The van der Waals surface area contributed by atoms with Crippen LogP contribution in [0.2, 0.25) is 0 Å². The van der Waals surface area contributed by atoms with Crippen molar-refractivity contribution in [1.82, 2.24) is 10.2 Å². The van der Waals surface area contributed by atoms with Gasteiger partial charge in [-0.3, -0.25) is 0 Å². The van der Waals surface area contributed by atoms with Gasteiger partial charge < -0.3 is 19.7 Å². The highest BCUT2D eigenvalue weighted by Crippen LogP contribution is 2.33. The summed E-state index contributed by atoms with van der Waals surface area (Å²) in [6.45, 7) is 4.41. The SMILES string of the molecule is CN1CCCCC1CNCc1cccc2c1OCCO2. The Bertz CT molecular complexity index is 450. The zero-order chi connectivity index (χ0) is 13.8. The van der Waals surface area contributed by atoms with Gasteiger partial charge in [-0.15, -0.1) is 0 Å². The number of hydrogen-bond donors (Lipinski definition) is 1. The molecule has 0 saturated carbocycles. The summed E-state index contributed by atoms with van der Waals surface area (Å²) < 4.78 is 11.4. The quantitative estimate of drug-likeness (QED) is 0.912. The number of ether oxygens (including phenoxy) is 2. The van der Waals surface area contributed by atoms with Gasteiger partial charge in [-0.2, -0.15) is 0 Å². The number of likely N-dealkylation sites (tertiary alicyclic amines) is 1. The van der Waals surface area contributed by atoms with Crippen LogP contribution in [0.5, 0.6) is 11.5 Å². The van der Waals surface area contributed by atoms with Crippen LogP contribution >= 0.6 is 0 Å². The lowest BCUT2D eigenvalue weighted by atomic mass is 10.0. The van der Waals surface area contributed by atoms with Gasteiger partial charge in [0.25, 0.3) is 0 Å². The van der Waals surface area contributed by atoms with Crippen LogP contribution in [-0.4, -0.2) is 44.3 Å². The molecule has 0 spiro atoms. The molecular formula is C16H24N2O2. The van der Waals surface area contributed by atoms with Crippen LogP contribution in [0, 0.1) is 0 Å². The van der Waals surface area contributed by atoms with E-state index in [1.165, 1.54) is 31.4 Å². The predicted molar refractivity (Wildman–Crippen MR) is 79.4 cm³/mol. The van der Waals surface area contributed by atoms with Crippen molar-refractivity contribution in [2.24, 2.45) is 0 Å². The lowest BCUT2D eigenvalue weighted by Gasteiger charge is -2.32. The van der Waals surface area contributed by atoms with Gasteiger partial charge in [0.15, 0.2) is 11.5 Å². The van der Waals surface area contributed by atoms with E-state index in [4.69, 9.17) is 9.47 Å². The van der Waals surface area contributed by atoms with Crippen LogP contribution in [0.15, 0.2) is 18.2 Å². The number of hydrogen-bond acceptors (Lipinski definition) is 4. The molecule has 0 radical (unpaired) electrons. The first-order valence-electron chi connectivity index (χ1n) is 7.63. The smallest absolute Gasteiger partial charge is 0.165 e. The first-order valence-corrected chi connectivity index (χ1v) is 7.63. The molecule has 1 saturated heterocycles. The van der Waals surface area contributed by atoms with Gasteiger partial charge in [-0.05, 0) is 32.5 Å². The molecule has 1 aromatic carbocycles. The number of nitrogens with zero attached hydrogens (tertiary/aromatic N) is 1. The molecule has 2 aliphatic rings. The molecule has 4 heteroatoms. The molecule has 20 heavy (non-hydrogen) atoms. The third kappa shape index (κ3) is 3.07. The van der Waals surface area contributed by atoms with E-state index in [0.29, 0.717) is 19.3 Å². The summed E-state index contributed by atoms with van der Waals surface area (Å²) in [5.41, 5.74) is 1.20. The first-order chi connectivity index (χ1) is 9.84. The maximum absolute atomic E-state index is 5.74. The van der Waals surface area contributed by atoms with Crippen LogP contribution in [0.3, 0.4) is 0 Å². The highest BCUT2D eigenvalue weighted by molar-refractivity contribution is 5.47. The van der Waals surface area contributed by atoms with Crippen LogP contribution in [0.25, 0.3) is 0 Å². The monoisotopic (exact) mass is 276 g/mol. The van der Waals surface area contributed by atoms with Crippen molar-refractivity contribution in [2.45, 2.75) is 31.8 Å². The van der Waals surface area contributed by atoms with E-state index in [9.17, 15) is 0 Å². The Morgan fingerprint density at radius 3 is 3.05 bits per heavy atom. The standard InChI is InChI=1S/C16H24N2O2/c1-18-8-3-2-6-14(18)12-17-11-13-5-4-7-15-16(13)20-10-9-19-15/h4-5,7,14,17H,2-3,6,8-12H2,1H3. The van der Waals surface area contributed by atoms with Crippen molar-refractivity contribution in [3.8, 4) is 11.5 Å². The molecule has 4 nitrogen and oxygen atoms in total. The largest absolute Gasteiger partial charge is 0.486 e. The Morgan fingerprint density at radius 2 is 2.15 bits per heavy atom. The molecule has 3 rings (SSSR count). The van der Waals surface area contributed by atoms with E-state index < -0.39 is 0 Å². The summed E-state index contributed by atoms with van der Waals surface area (Å²) in [4.78, 5) is 2.47. The zero-order valence-electron chi connectivity index (χ0n) is 12.2. The lowest BCUT2D eigenvalue weighted by Crippen LogP contribution is -2.42. The minimum absolute atomic E-state index is 0.648. The summed E-state index contributed by atoms with van der Waals surface area (Å²) in [6.07, 6.45) is 3.99. The van der Waals surface area contributed by atoms with Crippen LogP contribution in [0.4, 0.5) is 0 Å². The molecule has 0 amide bonds. The minimum Gasteiger partial charge on any atom is -0.486 e. The number of rotatable bonds is 4. The van der Waals surface area contributed by atoms with E-state index >= 15 is 0 Å². The average molecular weight is 276 g/mol. The fourth-order valence-corrected chi connectivity index (χ4v) is 3.05. The molecule has 2 heterocycles. The molecule has 0 aromatic heterocycles. The molecule has 1 atom stereocenters. The molecular weight excluding hydrogens is 252 g/mol. The molecule has 1 aromatic rings. The number of nitrogens with one attached hydrogen (secondary N) is 1. The normalized spacial score (nSPS) is 22.8. The Hall–Kier alpha value is -1.26. The third-order valence-corrected chi connectivity index (χ3v) is 4.26. The van der Waals surface area contributed by atoms with Crippen molar-refractivity contribution in [3.63, 3.8) is 0 Å². The Labute approximate surface area is 121 Å². The van der Waals surface area contributed by atoms with E-state index in [0.717, 1.165) is 24.6 Å². The van der Waals surface area contributed by atoms with Crippen molar-refractivity contribution in [1.29, 1.82) is 0 Å². The van der Waals surface area contributed by atoms with E-state index in [1.807, 2.05) is 12.1 Å². The van der Waals surface area contributed by atoms with E-state index in [1.54, 1.807) is 0 Å². The van der Waals surface area contributed by atoms with Crippen LogP contribution in [-0.2, 0) is 6.54 Å². The molecule has 1 unspecified atom stereocenters. The number of likely N-dealkylation sites (N-methyl/N-ethyl adjacent to an activating group) is 1. The van der Waals surface area contributed by atoms with Crippen molar-refractivity contribution >= 4 is 0 Å². The number of piperidine rings is 1. The fraction of sp³-hybridized carbons (Fsp3) is 0.625. The van der Waals surface area contributed by atoms with Crippen LogP contribution in [0.1, 0.15) is 24.8 Å². The maximum atomic E-state index is 5.74. The van der Waals surface area contributed by atoms with Crippen molar-refractivity contribution < 1.29 is 9.47 Å². The summed E-state index contributed by atoms with van der Waals surface area (Å²) in [5, 5.41) is 3.57. The molecule has 1 N–H and O–H groups in total. The summed E-state index contributed by atoms with van der Waals surface area (Å²) in [7, 11) is 2.23. The van der Waals surface area contributed by atoms with Gasteiger partial charge in [0.1, 0.15) is 13.2 Å². The molecule has 1 fully saturated rings. The Balaban J connectivity index is 1.56. The highest BCUT2D eigenvalue weighted by atomic mass is 16.6. The Morgan fingerprint density at radius 1 is 1.25 bits per heavy atom. The van der Waals surface area contributed by atoms with Crippen molar-refractivity contribution in [3.05, 3.63) is 23.8 Å². The van der Waals surface area contributed by atoms with Gasteiger partial charge in [0, 0.05) is 24.7 Å². The first kappa shape index (κ1) is 13.7. The summed E-state index contributed by atoms with van der Waals surface area (Å²) in [6, 6.07) is 6.80. The number of benzene rings is 1. The topological polar surface area (TPSA) is 33.7 Å². The molecule has 0 bridgehead atoms. The third-order valence-electron chi connectivity index (χ3n) is 4.26. The molecule has 110 valence electrons. The summed E-state index contributed by atoms with van der Waals surface area (Å²) in [5.74, 6) is 1.80. The van der Waals surface area contributed by atoms with Gasteiger partial charge in [-0.25, -0.2) is 0 Å². The second-order valence-corrected chi connectivity index (χ2v) is 5.70. The highest BCUT2D eigenvalue weighted by Gasteiger charge is 2.19. The average Bonchev–Trinajstić information content (AvgIpc) is 2.49. The predicted octanol–water partition coefficient (Wildman–Crippen LogP) is 2.03. The molecule has 2 aliphatic heterocycles.